The molecule has 1 aliphatic heterocycles. The van der Waals surface area contributed by atoms with Gasteiger partial charge in [0.1, 0.15) is 0 Å². The van der Waals surface area contributed by atoms with Crippen LogP contribution in [0.2, 0.25) is 0 Å². The van der Waals surface area contributed by atoms with Gasteiger partial charge >= 0.3 is 0 Å². The molecule has 1 N–H and O–H groups in total. The third-order valence-corrected chi connectivity index (χ3v) is 4.21. The van der Waals surface area contributed by atoms with Crippen LogP contribution >= 0.6 is 0 Å². The molecule has 0 aromatic heterocycles. The maximum absolute atomic E-state index is 10.6. The lowest BCUT2D eigenvalue weighted by atomic mass is 9.65. The zero-order chi connectivity index (χ0) is 14.0. The molecule has 3 rings (SSSR count). The van der Waals surface area contributed by atoms with Crippen molar-refractivity contribution in [2.45, 2.75) is 41.0 Å². The van der Waals surface area contributed by atoms with E-state index in [1.54, 1.807) is 0 Å². The van der Waals surface area contributed by atoms with Gasteiger partial charge in [-0.3, -0.25) is 5.21 Å². The Labute approximate surface area is 115 Å². The van der Waals surface area contributed by atoms with Crippen molar-refractivity contribution in [3.8, 4) is 0 Å². The van der Waals surface area contributed by atoms with Gasteiger partial charge in [0.2, 0.25) is 5.71 Å². The molecule has 2 heteroatoms. The molecule has 1 aromatic carbocycles. The average Bonchev–Trinajstić information content (AvgIpc) is 2.49. The molecule has 0 spiro atoms. The Morgan fingerprint density at radius 1 is 1.16 bits per heavy atom. The highest BCUT2D eigenvalue weighted by Crippen LogP contribution is 2.50. The molecule has 0 radical (unpaired) electrons. The molecule has 2 nitrogen and oxygen atoms in total. The van der Waals surface area contributed by atoms with Crippen LogP contribution in [-0.2, 0) is 0 Å². The topological polar surface area (TPSA) is 23.2 Å². The number of hydrogen-bond donors (Lipinski definition) is 1. The van der Waals surface area contributed by atoms with Gasteiger partial charge in [-0.05, 0) is 44.2 Å². The fourth-order valence-corrected chi connectivity index (χ4v) is 3.87. The molecule has 0 unspecified atom stereocenters. The number of fused-ring (bicyclic) bond motifs is 3. The summed E-state index contributed by atoms with van der Waals surface area (Å²) in [5.41, 5.74) is 5.65. The summed E-state index contributed by atoms with van der Waals surface area (Å²) < 4.78 is 1.41. The SMILES string of the molecule is Cc1ccc2c(c1)[N+](O)=C1C2=CC(C)(C)CC1(C)C. The van der Waals surface area contributed by atoms with E-state index in [0.717, 1.165) is 23.4 Å². The zero-order valence-corrected chi connectivity index (χ0v) is 12.4. The lowest BCUT2D eigenvalue weighted by molar-refractivity contribution is -0.712. The number of hydrogen-bond acceptors (Lipinski definition) is 1. The lowest BCUT2D eigenvalue weighted by Gasteiger charge is -2.35. The van der Waals surface area contributed by atoms with Gasteiger partial charge in [0.05, 0.1) is 16.6 Å². The second-order valence-electron chi connectivity index (χ2n) is 7.29. The monoisotopic (exact) mass is 256 g/mol. The summed E-state index contributed by atoms with van der Waals surface area (Å²) in [6.07, 6.45) is 3.36. The summed E-state index contributed by atoms with van der Waals surface area (Å²) in [6.45, 7) is 11.0. The smallest absolute Gasteiger partial charge is 0.265 e. The van der Waals surface area contributed by atoms with Crippen molar-refractivity contribution in [2.24, 2.45) is 10.8 Å². The molecule has 0 saturated heterocycles. The van der Waals surface area contributed by atoms with Crippen molar-refractivity contribution in [2.75, 3.05) is 0 Å². The van der Waals surface area contributed by atoms with Crippen molar-refractivity contribution < 1.29 is 9.95 Å². The normalized spacial score (nSPS) is 22.9. The second-order valence-corrected chi connectivity index (χ2v) is 7.29. The van der Waals surface area contributed by atoms with Crippen LogP contribution < -0.4 is 0 Å². The van der Waals surface area contributed by atoms with Crippen LogP contribution in [0.5, 0.6) is 0 Å². The third-order valence-electron chi connectivity index (χ3n) is 4.21. The van der Waals surface area contributed by atoms with Gasteiger partial charge in [-0.2, -0.15) is 0 Å². The van der Waals surface area contributed by atoms with Crippen molar-refractivity contribution >= 4 is 17.0 Å². The third kappa shape index (κ3) is 1.73. The number of allylic oxidation sites excluding steroid dienone is 2. The first-order valence-corrected chi connectivity index (χ1v) is 6.92. The van der Waals surface area contributed by atoms with Crippen molar-refractivity contribution in [3.05, 3.63) is 35.4 Å². The molecular weight excluding hydrogens is 234 g/mol. The molecule has 0 bridgehead atoms. The second kappa shape index (κ2) is 3.50. The zero-order valence-electron chi connectivity index (χ0n) is 12.4. The van der Waals surface area contributed by atoms with Gasteiger partial charge in [-0.25, -0.2) is 0 Å². The van der Waals surface area contributed by atoms with Gasteiger partial charge in [0.15, 0.2) is 0 Å². The minimum atomic E-state index is -0.0186. The minimum absolute atomic E-state index is 0.0186. The van der Waals surface area contributed by atoms with E-state index in [2.05, 4.69) is 58.9 Å². The Morgan fingerprint density at radius 3 is 2.53 bits per heavy atom. The van der Waals surface area contributed by atoms with Crippen LogP contribution in [0.4, 0.5) is 5.69 Å². The van der Waals surface area contributed by atoms with E-state index in [1.807, 2.05) is 0 Å². The molecule has 100 valence electrons. The maximum Gasteiger partial charge on any atom is 0.265 e. The molecule has 1 aromatic rings. The van der Waals surface area contributed by atoms with E-state index < -0.39 is 0 Å². The maximum atomic E-state index is 10.6. The Morgan fingerprint density at radius 2 is 1.84 bits per heavy atom. The van der Waals surface area contributed by atoms with E-state index in [-0.39, 0.29) is 10.8 Å². The first kappa shape index (κ1) is 12.5. The number of aryl methyl sites for hydroxylation is 1. The van der Waals surface area contributed by atoms with E-state index >= 15 is 0 Å². The summed E-state index contributed by atoms with van der Waals surface area (Å²) in [4.78, 5) is 0. The standard InChI is InChI=1S/C17H22NO/c1-11-6-7-12-13-9-16(2,3)10-17(4,5)15(13)18(19)14(12)8-11/h6-9,19H,10H2,1-5H3/q+1. The summed E-state index contributed by atoms with van der Waals surface area (Å²) >= 11 is 0. The first-order chi connectivity index (χ1) is 8.71. The quantitative estimate of drug-likeness (QED) is 0.542. The Bertz CT molecular complexity index is 633. The fraction of sp³-hybridized carbons (Fsp3) is 0.471. The van der Waals surface area contributed by atoms with Crippen molar-refractivity contribution in [3.63, 3.8) is 0 Å². The van der Waals surface area contributed by atoms with E-state index in [1.165, 1.54) is 15.9 Å². The number of benzene rings is 1. The number of rotatable bonds is 0. The predicted molar refractivity (Wildman–Crippen MR) is 78.0 cm³/mol. The molecule has 0 fully saturated rings. The van der Waals surface area contributed by atoms with E-state index in [0.29, 0.717) is 0 Å². The summed E-state index contributed by atoms with van der Waals surface area (Å²) in [6, 6.07) is 6.31. The van der Waals surface area contributed by atoms with Crippen molar-refractivity contribution in [1.82, 2.24) is 0 Å². The lowest BCUT2D eigenvalue weighted by Crippen LogP contribution is -2.37. The van der Waals surface area contributed by atoms with Crippen LogP contribution in [-0.4, -0.2) is 15.7 Å². The highest BCUT2D eigenvalue weighted by molar-refractivity contribution is 6.27. The molecule has 0 atom stereocenters. The van der Waals surface area contributed by atoms with Crippen LogP contribution in [0.1, 0.15) is 45.2 Å². The van der Waals surface area contributed by atoms with Crippen LogP contribution in [0.3, 0.4) is 0 Å². The highest BCUT2D eigenvalue weighted by Gasteiger charge is 2.50. The fourth-order valence-electron chi connectivity index (χ4n) is 3.87. The molecule has 2 aliphatic rings. The average molecular weight is 256 g/mol. The minimum Gasteiger partial charge on any atom is -0.284 e. The van der Waals surface area contributed by atoms with Crippen LogP contribution in [0.25, 0.3) is 5.57 Å². The van der Waals surface area contributed by atoms with Gasteiger partial charge < -0.3 is 0 Å². The molecule has 19 heavy (non-hydrogen) atoms. The molecular formula is C17H22NO+. The molecule has 1 aliphatic carbocycles. The van der Waals surface area contributed by atoms with Gasteiger partial charge in [-0.1, -0.05) is 26.0 Å². The predicted octanol–water partition coefficient (Wildman–Crippen LogP) is 4.32. The summed E-state index contributed by atoms with van der Waals surface area (Å²) in [5.74, 6) is 0. The molecule has 1 heterocycles. The summed E-state index contributed by atoms with van der Waals surface area (Å²) in [7, 11) is 0. The van der Waals surface area contributed by atoms with Gasteiger partial charge in [0, 0.05) is 10.8 Å². The summed E-state index contributed by atoms with van der Waals surface area (Å²) in [5, 5.41) is 10.6. The number of nitrogens with zero attached hydrogens (tertiary/aromatic N) is 1. The van der Waals surface area contributed by atoms with Gasteiger partial charge in [0.25, 0.3) is 5.69 Å². The van der Waals surface area contributed by atoms with E-state index in [4.69, 9.17) is 0 Å². The van der Waals surface area contributed by atoms with Crippen molar-refractivity contribution in [1.29, 1.82) is 0 Å². The molecule has 0 saturated carbocycles. The Balaban J connectivity index is 2.33. The largest absolute Gasteiger partial charge is 0.284 e. The van der Waals surface area contributed by atoms with E-state index in [9.17, 15) is 5.21 Å². The Hall–Kier alpha value is -1.57. The molecule has 0 amide bonds. The van der Waals surface area contributed by atoms with Crippen LogP contribution in [0.15, 0.2) is 24.3 Å². The highest BCUT2D eigenvalue weighted by atomic mass is 16.5. The first-order valence-electron chi connectivity index (χ1n) is 6.92. The Kier molecular flexibility index (Phi) is 2.30. The van der Waals surface area contributed by atoms with Gasteiger partial charge in [-0.15, -0.1) is 0 Å². The van der Waals surface area contributed by atoms with Crippen LogP contribution in [0, 0.1) is 17.8 Å².